The molecule has 1 aliphatic rings. The van der Waals surface area contributed by atoms with Crippen LogP contribution in [0.1, 0.15) is 42.4 Å². The second-order valence-corrected chi connectivity index (χ2v) is 10.9. The Morgan fingerprint density at radius 1 is 0.895 bits per heavy atom. The largest absolute Gasteiger partial charge is 0.477 e. The number of aromatic nitrogens is 1. The number of nitrogens with zero attached hydrogens (tertiary/aromatic N) is 3. The molecule has 7 heteroatoms. The number of carboxylic acid groups (broad SMARTS) is 1. The van der Waals surface area contributed by atoms with E-state index in [0.717, 1.165) is 33.3 Å². The van der Waals surface area contributed by atoms with E-state index in [1.807, 2.05) is 53.1 Å². The Hall–Kier alpha value is -4.26. The molecule has 0 unspecified atom stereocenters. The molecule has 2 amide bonds. The number of fused-ring (bicyclic) bond motifs is 1. The lowest BCUT2D eigenvalue weighted by Crippen LogP contribution is -2.50. The quantitative estimate of drug-likeness (QED) is 0.368. The number of hydrogen-bond donors (Lipinski definition) is 2. The number of anilines is 1. The van der Waals surface area contributed by atoms with E-state index in [1.54, 1.807) is 4.90 Å². The van der Waals surface area contributed by atoms with Crippen LogP contribution >= 0.6 is 0 Å². The second-order valence-electron chi connectivity index (χ2n) is 10.9. The molecule has 5 rings (SSSR count). The van der Waals surface area contributed by atoms with Gasteiger partial charge in [-0.15, -0.1) is 0 Å². The third-order valence-electron chi connectivity index (χ3n) is 7.42. The summed E-state index contributed by atoms with van der Waals surface area (Å²) in [6, 6.07) is 24.0. The number of nitrogens with two attached hydrogens (primary N) is 1. The Morgan fingerprint density at radius 3 is 2.21 bits per heavy atom. The van der Waals surface area contributed by atoms with E-state index in [2.05, 4.69) is 49.9 Å². The molecule has 0 spiro atoms. The molecular weight excluding hydrogens is 476 g/mol. The number of carbonyl (C=O) groups is 2. The maximum absolute atomic E-state index is 12.7. The first-order valence-electron chi connectivity index (χ1n) is 13.0. The molecule has 3 N–H and O–H groups in total. The standard InChI is InChI=1S/C31H34N4O3/c1-31(2,3)23-13-11-22(12-14-23)27-25-9-4-5-10-26(25)35(28(27)29(36)37)20-21-7-6-8-24(19-21)33-15-17-34(18-16-33)30(32)38/h4-14,19H,15-18,20H2,1-3H3,(H2,32,38)(H,36,37). The van der Waals surface area contributed by atoms with Crippen LogP contribution in [0, 0.1) is 0 Å². The van der Waals surface area contributed by atoms with E-state index in [-0.39, 0.29) is 17.1 Å². The number of amides is 2. The summed E-state index contributed by atoms with van der Waals surface area (Å²) in [5.41, 5.74) is 11.5. The third-order valence-corrected chi connectivity index (χ3v) is 7.42. The zero-order chi connectivity index (χ0) is 27.0. The summed E-state index contributed by atoms with van der Waals surface area (Å²) in [6.07, 6.45) is 0. The minimum atomic E-state index is -0.949. The van der Waals surface area contributed by atoms with Crippen LogP contribution in [0.3, 0.4) is 0 Å². The zero-order valence-electron chi connectivity index (χ0n) is 22.1. The maximum atomic E-state index is 12.7. The number of rotatable bonds is 5. The van der Waals surface area contributed by atoms with Gasteiger partial charge >= 0.3 is 12.0 Å². The zero-order valence-corrected chi connectivity index (χ0v) is 22.1. The maximum Gasteiger partial charge on any atom is 0.353 e. The van der Waals surface area contributed by atoms with Crippen molar-refractivity contribution in [3.05, 3.63) is 89.6 Å². The van der Waals surface area contributed by atoms with Crippen molar-refractivity contribution in [2.75, 3.05) is 31.1 Å². The topological polar surface area (TPSA) is 91.8 Å². The molecule has 2 heterocycles. The van der Waals surface area contributed by atoms with Crippen molar-refractivity contribution in [2.24, 2.45) is 5.73 Å². The number of hydrogen-bond acceptors (Lipinski definition) is 3. The molecule has 1 aromatic heterocycles. The number of primary amides is 1. The van der Waals surface area contributed by atoms with E-state index in [1.165, 1.54) is 5.56 Å². The van der Waals surface area contributed by atoms with Crippen molar-refractivity contribution in [3.8, 4) is 11.1 Å². The molecular formula is C31H34N4O3. The highest BCUT2D eigenvalue weighted by Gasteiger charge is 2.25. The minimum absolute atomic E-state index is 0.0136. The lowest BCUT2D eigenvalue weighted by Gasteiger charge is -2.35. The van der Waals surface area contributed by atoms with E-state index in [9.17, 15) is 14.7 Å². The summed E-state index contributed by atoms with van der Waals surface area (Å²) < 4.78 is 1.91. The van der Waals surface area contributed by atoms with Gasteiger partial charge in [-0.3, -0.25) is 0 Å². The number of urea groups is 1. The van der Waals surface area contributed by atoms with Gasteiger partial charge in [0.05, 0.1) is 0 Å². The fourth-order valence-electron chi connectivity index (χ4n) is 5.34. The van der Waals surface area contributed by atoms with Gasteiger partial charge < -0.3 is 25.2 Å². The molecule has 4 aromatic rings. The average molecular weight is 511 g/mol. The minimum Gasteiger partial charge on any atom is -0.477 e. The Kier molecular flexibility index (Phi) is 6.61. The highest BCUT2D eigenvalue weighted by atomic mass is 16.4. The summed E-state index contributed by atoms with van der Waals surface area (Å²) in [6.45, 7) is 9.51. The van der Waals surface area contributed by atoms with Crippen molar-refractivity contribution < 1.29 is 14.7 Å². The van der Waals surface area contributed by atoms with Crippen LogP contribution in [0.25, 0.3) is 22.0 Å². The number of aromatic carboxylic acids is 1. The third kappa shape index (κ3) is 4.84. The Balaban J connectivity index is 1.53. The van der Waals surface area contributed by atoms with Crippen molar-refractivity contribution in [3.63, 3.8) is 0 Å². The van der Waals surface area contributed by atoms with Crippen LogP contribution in [0.4, 0.5) is 10.5 Å². The lowest BCUT2D eigenvalue weighted by molar-refractivity contribution is 0.0687. The first-order valence-corrected chi connectivity index (χ1v) is 13.0. The molecule has 0 aliphatic carbocycles. The van der Waals surface area contributed by atoms with Crippen molar-refractivity contribution in [1.82, 2.24) is 9.47 Å². The molecule has 38 heavy (non-hydrogen) atoms. The summed E-state index contributed by atoms with van der Waals surface area (Å²) in [5, 5.41) is 11.4. The van der Waals surface area contributed by atoms with E-state index >= 15 is 0 Å². The molecule has 0 bridgehead atoms. The Labute approximate surface area is 223 Å². The van der Waals surface area contributed by atoms with Gasteiger partial charge in [-0.25, -0.2) is 9.59 Å². The normalized spacial score (nSPS) is 14.2. The highest BCUT2D eigenvalue weighted by molar-refractivity contribution is 6.08. The lowest BCUT2D eigenvalue weighted by atomic mass is 9.86. The Bertz CT molecular complexity index is 1490. The van der Waals surface area contributed by atoms with Crippen molar-refractivity contribution in [2.45, 2.75) is 32.7 Å². The number of piperazine rings is 1. The summed E-state index contributed by atoms with van der Waals surface area (Å²) >= 11 is 0. The van der Waals surface area contributed by atoms with E-state index < -0.39 is 5.97 Å². The molecule has 7 nitrogen and oxygen atoms in total. The SMILES string of the molecule is CC(C)(C)c1ccc(-c2c(C(=O)O)n(Cc3cccc(N4CCN(C(N)=O)CC4)c3)c3ccccc23)cc1. The van der Waals surface area contributed by atoms with Gasteiger partial charge in [-0.05, 0) is 40.3 Å². The molecule has 1 fully saturated rings. The second kappa shape index (κ2) is 9.89. The molecule has 0 atom stereocenters. The fraction of sp³-hybridized carbons (Fsp3) is 0.290. The fourth-order valence-corrected chi connectivity index (χ4v) is 5.34. The van der Waals surface area contributed by atoms with Gasteiger partial charge in [0.2, 0.25) is 0 Å². The van der Waals surface area contributed by atoms with Crippen LogP contribution in [-0.2, 0) is 12.0 Å². The van der Waals surface area contributed by atoms with Gasteiger partial charge in [-0.1, -0.05) is 75.4 Å². The van der Waals surface area contributed by atoms with Crippen LogP contribution in [0.5, 0.6) is 0 Å². The van der Waals surface area contributed by atoms with Gasteiger partial charge in [0.1, 0.15) is 5.69 Å². The number of carbonyl (C=O) groups excluding carboxylic acids is 1. The van der Waals surface area contributed by atoms with Crippen LogP contribution in [-0.4, -0.2) is 52.8 Å². The highest BCUT2D eigenvalue weighted by Crippen LogP contribution is 2.37. The average Bonchev–Trinajstić information content (AvgIpc) is 3.23. The molecule has 196 valence electrons. The van der Waals surface area contributed by atoms with E-state index in [0.29, 0.717) is 32.7 Å². The molecule has 0 radical (unpaired) electrons. The molecule has 0 saturated carbocycles. The summed E-state index contributed by atoms with van der Waals surface area (Å²) in [7, 11) is 0. The van der Waals surface area contributed by atoms with Gasteiger partial charge in [0, 0.05) is 54.9 Å². The smallest absolute Gasteiger partial charge is 0.353 e. The first-order chi connectivity index (χ1) is 18.1. The number of carboxylic acids is 1. The monoisotopic (exact) mass is 510 g/mol. The molecule has 3 aromatic carbocycles. The van der Waals surface area contributed by atoms with Crippen LogP contribution in [0.2, 0.25) is 0 Å². The number of benzene rings is 3. The van der Waals surface area contributed by atoms with Gasteiger partial charge in [-0.2, -0.15) is 0 Å². The van der Waals surface area contributed by atoms with Gasteiger partial charge in [0.25, 0.3) is 0 Å². The first kappa shape index (κ1) is 25.4. The predicted octanol–water partition coefficient (Wildman–Crippen LogP) is 5.55. The molecule has 1 aliphatic heterocycles. The van der Waals surface area contributed by atoms with Crippen molar-refractivity contribution in [1.29, 1.82) is 0 Å². The van der Waals surface area contributed by atoms with E-state index in [4.69, 9.17) is 5.73 Å². The molecule has 1 saturated heterocycles. The number of para-hydroxylation sites is 1. The van der Waals surface area contributed by atoms with Gasteiger partial charge in [0.15, 0.2) is 0 Å². The van der Waals surface area contributed by atoms with Crippen LogP contribution < -0.4 is 10.6 Å². The van der Waals surface area contributed by atoms with Crippen molar-refractivity contribution >= 4 is 28.6 Å². The predicted molar refractivity (Wildman–Crippen MR) is 152 cm³/mol. The van der Waals surface area contributed by atoms with Crippen LogP contribution in [0.15, 0.2) is 72.8 Å². The summed E-state index contributed by atoms with van der Waals surface area (Å²) in [5.74, 6) is -0.949. The summed E-state index contributed by atoms with van der Waals surface area (Å²) in [4.78, 5) is 28.1. The Morgan fingerprint density at radius 2 is 1.58 bits per heavy atom.